The zero-order valence-electron chi connectivity index (χ0n) is 11.4. The van der Waals surface area contributed by atoms with Gasteiger partial charge in [0.25, 0.3) is 0 Å². The first kappa shape index (κ1) is 12.7. The quantitative estimate of drug-likeness (QED) is 0.816. The summed E-state index contributed by atoms with van der Waals surface area (Å²) < 4.78 is 6.11. The van der Waals surface area contributed by atoms with E-state index in [9.17, 15) is 10.2 Å². The molecule has 0 saturated heterocycles. The van der Waals surface area contributed by atoms with Crippen molar-refractivity contribution >= 4 is 5.57 Å². The third kappa shape index (κ3) is 1.97. The van der Waals surface area contributed by atoms with Crippen molar-refractivity contribution in [2.75, 3.05) is 0 Å². The van der Waals surface area contributed by atoms with Crippen LogP contribution in [-0.4, -0.2) is 16.3 Å². The second-order valence-corrected chi connectivity index (χ2v) is 5.90. The second-order valence-electron chi connectivity index (χ2n) is 5.90. The standard InChI is InChI=1S/C16H20O3/c1-16(2)12-7-6-10(9-17)8-11(12)15-13(18)4-3-5-14(15)19-16/h6-8,13,17-18H,3-5,9H2,1-2H3. The molecule has 0 saturated carbocycles. The van der Waals surface area contributed by atoms with E-state index in [1.54, 1.807) is 0 Å². The van der Waals surface area contributed by atoms with E-state index >= 15 is 0 Å². The van der Waals surface area contributed by atoms with Gasteiger partial charge in [0.2, 0.25) is 0 Å². The van der Waals surface area contributed by atoms with Gasteiger partial charge >= 0.3 is 0 Å². The maximum Gasteiger partial charge on any atom is 0.128 e. The first-order valence-electron chi connectivity index (χ1n) is 6.87. The summed E-state index contributed by atoms with van der Waals surface area (Å²) >= 11 is 0. The van der Waals surface area contributed by atoms with Crippen molar-refractivity contribution in [3.63, 3.8) is 0 Å². The predicted octanol–water partition coefficient (Wildman–Crippen LogP) is 2.70. The summed E-state index contributed by atoms with van der Waals surface area (Å²) in [6, 6.07) is 5.92. The lowest BCUT2D eigenvalue weighted by Crippen LogP contribution is -2.32. The van der Waals surface area contributed by atoms with Gasteiger partial charge in [-0.1, -0.05) is 12.1 Å². The molecule has 19 heavy (non-hydrogen) atoms. The normalized spacial score (nSPS) is 24.5. The monoisotopic (exact) mass is 260 g/mol. The van der Waals surface area contributed by atoms with Crippen molar-refractivity contribution in [2.24, 2.45) is 0 Å². The van der Waals surface area contributed by atoms with Crippen LogP contribution in [0.25, 0.3) is 5.57 Å². The van der Waals surface area contributed by atoms with Gasteiger partial charge in [0.05, 0.1) is 12.7 Å². The van der Waals surface area contributed by atoms with Crippen LogP contribution in [-0.2, 0) is 16.9 Å². The Kier molecular flexibility index (Phi) is 2.91. The molecule has 1 unspecified atom stereocenters. The Morgan fingerprint density at radius 3 is 2.89 bits per heavy atom. The van der Waals surface area contributed by atoms with Crippen LogP contribution in [0.2, 0.25) is 0 Å². The molecule has 1 aliphatic heterocycles. The number of ether oxygens (including phenoxy) is 1. The Bertz CT molecular complexity index is 543. The van der Waals surface area contributed by atoms with Crippen LogP contribution in [0.3, 0.4) is 0 Å². The third-order valence-corrected chi connectivity index (χ3v) is 4.10. The van der Waals surface area contributed by atoms with Crippen LogP contribution in [0.5, 0.6) is 0 Å². The van der Waals surface area contributed by atoms with Gasteiger partial charge in [0.15, 0.2) is 0 Å². The molecule has 3 rings (SSSR count). The zero-order chi connectivity index (χ0) is 13.6. The Labute approximate surface area is 113 Å². The molecule has 1 aromatic rings. The van der Waals surface area contributed by atoms with Crippen LogP contribution < -0.4 is 0 Å². The fourth-order valence-electron chi connectivity index (χ4n) is 3.16. The molecule has 0 amide bonds. The highest BCUT2D eigenvalue weighted by molar-refractivity contribution is 5.76. The fourth-order valence-corrected chi connectivity index (χ4v) is 3.16. The smallest absolute Gasteiger partial charge is 0.128 e. The van der Waals surface area contributed by atoms with E-state index in [2.05, 4.69) is 13.8 Å². The lowest BCUT2D eigenvalue weighted by molar-refractivity contribution is 0.0155. The molecule has 102 valence electrons. The average Bonchev–Trinajstić information content (AvgIpc) is 2.37. The molecule has 1 atom stereocenters. The molecule has 2 N–H and O–H groups in total. The summed E-state index contributed by atoms with van der Waals surface area (Å²) in [5.41, 5.74) is 3.56. The van der Waals surface area contributed by atoms with Crippen LogP contribution in [0, 0.1) is 0 Å². The summed E-state index contributed by atoms with van der Waals surface area (Å²) in [6.45, 7) is 4.12. The number of rotatable bonds is 1. The molecule has 2 aliphatic rings. The highest BCUT2D eigenvalue weighted by Crippen LogP contribution is 2.46. The van der Waals surface area contributed by atoms with Crippen molar-refractivity contribution < 1.29 is 14.9 Å². The van der Waals surface area contributed by atoms with Crippen LogP contribution in [0.1, 0.15) is 49.8 Å². The van der Waals surface area contributed by atoms with E-state index in [0.29, 0.717) is 0 Å². The van der Waals surface area contributed by atoms with Gasteiger partial charge in [-0.25, -0.2) is 0 Å². The number of fused-ring (bicyclic) bond motifs is 2. The minimum absolute atomic E-state index is 0.0211. The molecule has 1 aromatic carbocycles. The van der Waals surface area contributed by atoms with Gasteiger partial charge in [0, 0.05) is 17.6 Å². The van der Waals surface area contributed by atoms with E-state index in [4.69, 9.17) is 4.74 Å². The molecule has 0 radical (unpaired) electrons. The number of hydrogen-bond acceptors (Lipinski definition) is 3. The molecule has 0 spiro atoms. The molecule has 0 bridgehead atoms. The maximum absolute atomic E-state index is 10.3. The predicted molar refractivity (Wildman–Crippen MR) is 73.3 cm³/mol. The third-order valence-electron chi connectivity index (χ3n) is 4.10. The van der Waals surface area contributed by atoms with Gasteiger partial charge in [-0.2, -0.15) is 0 Å². The van der Waals surface area contributed by atoms with Crippen molar-refractivity contribution in [1.29, 1.82) is 0 Å². The molecule has 1 aliphatic carbocycles. The number of allylic oxidation sites excluding steroid dienone is 1. The molecule has 3 nitrogen and oxygen atoms in total. The largest absolute Gasteiger partial charge is 0.487 e. The van der Waals surface area contributed by atoms with E-state index in [1.165, 1.54) is 0 Å². The van der Waals surface area contributed by atoms with E-state index in [-0.39, 0.29) is 12.2 Å². The summed E-state index contributed by atoms with van der Waals surface area (Å²) in [5.74, 6) is 0.923. The zero-order valence-corrected chi connectivity index (χ0v) is 11.4. The van der Waals surface area contributed by atoms with Gasteiger partial charge in [-0.15, -0.1) is 0 Å². The Morgan fingerprint density at radius 2 is 2.16 bits per heavy atom. The number of hydrogen-bond donors (Lipinski definition) is 2. The average molecular weight is 260 g/mol. The fraction of sp³-hybridized carbons (Fsp3) is 0.500. The van der Waals surface area contributed by atoms with E-state index in [1.807, 2.05) is 18.2 Å². The van der Waals surface area contributed by atoms with Crippen LogP contribution in [0.4, 0.5) is 0 Å². The minimum Gasteiger partial charge on any atom is -0.487 e. The van der Waals surface area contributed by atoms with Crippen LogP contribution in [0.15, 0.2) is 24.0 Å². The first-order chi connectivity index (χ1) is 9.03. The lowest BCUT2D eigenvalue weighted by atomic mass is 9.80. The van der Waals surface area contributed by atoms with E-state index in [0.717, 1.165) is 47.3 Å². The Morgan fingerprint density at radius 1 is 1.37 bits per heavy atom. The Balaban J connectivity index is 2.22. The first-order valence-corrected chi connectivity index (χ1v) is 6.87. The van der Waals surface area contributed by atoms with Crippen molar-refractivity contribution in [3.8, 4) is 0 Å². The molecular weight excluding hydrogens is 240 g/mol. The van der Waals surface area contributed by atoms with Crippen molar-refractivity contribution in [2.45, 2.75) is 51.4 Å². The van der Waals surface area contributed by atoms with Gasteiger partial charge in [-0.05, 0) is 43.9 Å². The molecular formula is C16H20O3. The molecule has 0 fully saturated rings. The van der Waals surface area contributed by atoms with Gasteiger partial charge in [-0.3, -0.25) is 0 Å². The van der Waals surface area contributed by atoms with Crippen molar-refractivity contribution in [3.05, 3.63) is 40.6 Å². The van der Waals surface area contributed by atoms with Gasteiger partial charge in [0.1, 0.15) is 11.4 Å². The molecule has 0 aromatic heterocycles. The highest BCUT2D eigenvalue weighted by Gasteiger charge is 2.37. The second kappa shape index (κ2) is 4.36. The maximum atomic E-state index is 10.3. The van der Waals surface area contributed by atoms with Crippen molar-refractivity contribution in [1.82, 2.24) is 0 Å². The number of benzene rings is 1. The summed E-state index contributed by atoms with van der Waals surface area (Å²) in [6.07, 6.45) is 2.18. The SMILES string of the molecule is CC1(C)OC2=C(c3cc(CO)ccc31)C(O)CCC2. The van der Waals surface area contributed by atoms with Gasteiger partial charge < -0.3 is 14.9 Å². The highest BCUT2D eigenvalue weighted by atomic mass is 16.5. The minimum atomic E-state index is -0.451. The van der Waals surface area contributed by atoms with E-state index < -0.39 is 6.10 Å². The molecule has 1 heterocycles. The number of aliphatic hydroxyl groups is 2. The molecule has 3 heteroatoms. The topological polar surface area (TPSA) is 49.7 Å². The summed E-state index contributed by atoms with van der Waals surface area (Å²) in [4.78, 5) is 0. The summed E-state index contributed by atoms with van der Waals surface area (Å²) in [5, 5.41) is 19.6. The summed E-state index contributed by atoms with van der Waals surface area (Å²) in [7, 11) is 0. The number of aliphatic hydroxyl groups excluding tert-OH is 2. The van der Waals surface area contributed by atoms with Crippen LogP contribution >= 0.6 is 0 Å². The Hall–Kier alpha value is -1.32. The lowest BCUT2D eigenvalue weighted by Gasteiger charge is -2.40.